The van der Waals surface area contributed by atoms with Gasteiger partial charge in [-0.3, -0.25) is 24.2 Å². The molecule has 0 aromatic carbocycles. The highest BCUT2D eigenvalue weighted by molar-refractivity contribution is 5.97. The lowest BCUT2D eigenvalue weighted by Crippen LogP contribution is -2.41. The number of nitrogens with zero attached hydrogens (tertiary/aromatic N) is 2. The zero-order valence-corrected chi connectivity index (χ0v) is 17.2. The molecular weight excluding hydrogens is 442 g/mol. The van der Waals surface area contributed by atoms with Gasteiger partial charge in [-0.2, -0.15) is 4.98 Å². The highest BCUT2D eigenvalue weighted by Crippen LogP contribution is 2.22. The Labute approximate surface area is 185 Å². The van der Waals surface area contributed by atoms with Gasteiger partial charge in [0.25, 0.3) is 11.5 Å². The number of pyridine rings is 1. The predicted molar refractivity (Wildman–Crippen MR) is 113 cm³/mol. The fraction of sp³-hybridized carbons (Fsp3) is 0.278. The number of carbonyl (C=O) groups is 4. The zero-order chi connectivity index (χ0) is 24.7. The number of methoxy groups -OCH3 is 1. The van der Waals surface area contributed by atoms with E-state index in [9.17, 15) is 24.0 Å². The van der Waals surface area contributed by atoms with Crippen LogP contribution in [0, 0.1) is 0 Å². The van der Waals surface area contributed by atoms with Crippen LogP contribution in [0.25, 0.3) is 0 Å². The number of aromatic nitrogens is 3. The Morgan fingerprint density at radius 2 is 1.88 bits per heavy atom. The summed E-state index contributed by atoms with van der Waals surface area (Å²) >= 11 is 0. The molecule has 1 unspecified atom stereocenters. The first-order chi connectivity index (χ1) is 15.5. The van der Waals surface area contributed by atoms with E-state index in [-0.39, 0.29) is 41.0 Å². The zero-order valence-electron chi connectivity index (χ0n) is 17.2. The third-order valence-corrected chi connectivity index (χ3v) is 4.21. The van der Waals surface area contributed by atoms with Crippen molar-refractivity contribution in [3.8, 4) is 5.88 Å². The third-order valence-electron chi connectivity index (χ3n) is 4.21. The lowest BCUT2D eigenvalue weighted by molar-refractivity contribution is -0.140. The number of aromatic amines is 1. The molecule has 2 aromatic rings. The molecule has 0 aliphatic rings. The molecule has 0 saturated heterocycles. The van der Waals surface area contributed by atoms with Gasteiger partial charge in [0.1, 0.15) is 23.2 Å². The van der Waals surface area contributed by atoms with Gasteiger partial charge in [-0.15, -0.1) is 0 Å². The summed E-state index contributed by atoms with van der Waals surface area (Å²) in [4.78, 5) is 68.4. The van der Waals surface area contributed by atoms with Gasteiger partial charge in [0.05, 0.1) is 19.1 Å². The maximum atomic E-state index is 12.4. The van der Waals surface area contributed by atoms with Gasteiger partial charge >= 0.3 is 11.9 Å². The number of carboxylic acid groups (broad SMARTS) is 2. The first-order valence-corrected chi connectivity index (χ1v) is 9.26. The summed E-state index contributed by atoms with van der Waals surface area (Å²) in [7, 11) is 1.22. The van der Waals surface area contributed by atoms with Gasteiger partial charge in [-0.25, -0.2) is 9.78 Å². The Balaban J connectivity index is 2.14. The van der Waals surface area contributed by atoms with Crippen molar-refractivity contribution in [2.24, 2.45) is 0 Å². The molecule has 15 nitrogen and oxygen atoms in total. The smallest absolute Gasteiger partial charge is 0.326 e. The Hall–Kier alpha value is -4.69. The van der Waals surface area contributed by atoms with E-state index < -0.39 is 48.2 Å². The van der Waals surface area contributed by atoms with Crippen molar-refractivity contribution in [3.05, 3.63) is 33.7 Å². The van der Waals surface area contributed by atoms with Crippen molar-refractivity contribution in [2.75, 3.05) is 23.9 Å². The largest absolute Gasteiger partial charge is 0.481 e. The fourth-order valence-electron chi connectivity index (χ4n) is 2.63. The molecule has 2 amide bonds. The van der Waals surface area contributed by atoms with Crippen LogP contribution in [0.3, 0.4) is 0 Å². The number of H-pyrrole nitrogens is 1. The molecule has 0 fully saturated rings. The van der Waals surface area contributed by atoms with Gasteiger partial charge in [0.2, 0.25) is 17.7 Å². The Morgan fingerprint density at radius 1 is 1.18 bits per heavy atom. The highest BCUT2D eigenvalue weighted by atomic mass is 16.5. The normalized spacial score (nSPS) is 11.3. The van der Waals surface area contributed by atoms with Gasteiger partial charge in [0, 0.05) is 6.42 Å². The molecule has 0 aliphatic carbocycles. The summed E-state index contributed by atoms with van der Waals surface area (Å²) < 4.78 is 5.06. The van der Waals surface area contributed by atoms with Crippen LogP contribution in [-0.4, -0.2) is 62.1 Å². The van der Waals surface area contributed by atoms with Crippen LogP contribution >= 0.6 is 0 Å². The van der Waals surface area contributed by atoms with Crippen LogP contribution in [-0.2, 0) is 20.8 Å². The molecule has 15 heteroatoms. The van der Waals surface area contributed by atoms with Crippen LogP contribution in [0.2, 0.25) is 0 Å². The number of carboxylic acids is 2. The number of hydrogen-bond donors (Lipinski definition) is 7. The first-order valence-electron chi connectivity index (χ1n) is 9.26. The molecular formula is C18H21N7O8. The van der Waals surface area contributed by atoms with Crippen LogP contribution in [0.15, 0.2) is 16.9 Å². The van der Waals surface area contributed by atoms with E-state index in [0.717, 1.165) is 0 Å². The summed E-state index contributed by atoms with van der Waals surface area (Å²) in [6.45, 7) is 0. The van der Waals surface area contributed by atoms with E-state index in [1.54, 1.807) is 0 Å². The summed E-state index contributed by atoms with van der Waals surface area (Å²) in [6, 6.07) is 1.02. The quantitative estimate of drug-likeness (QED) is 0.214. The average molecular weight is 463 g/mol. The molecule has 0 radical (unpaired) electrons. The highest BCUT2D eigenvalue weighted by Gasteiger charge is 2.23. The van der Waals surface area contributed by atoms with E-state index >= 15 is 0 Å². The molecule has 2 aromatic heterocycles. The van der Waals surface area contributed by atoms with Crippen LogP contribution < -0.4 is 32.4 Å². The van der Waals surface area contributed by atoms with E-state index in [1.807, 2.05) is 0 Å². The van der Waals surface area contributed by atoms with E-state index in [0.29, 0.717) is 0 Å². The van der Waals surface area contributed by atoms with Gasteiger partial charge in [-0.05, 0) is 18.6 Å². The molecule has 0 aliphatic heterocycles. The SMILES string of the molecule is COc1nc(C(=O)NC(CCC(=O)O)C(=O)O)ccc1NC(=O)Cc1c(N)nc(N)[nH]c1=O. The Kier molecular flexibility index (Phi) is 7.87. The summed E-state index contributed by atoms with van der Waals surface area (Å²) in [6.07, 6.45) is -1.23. The number of carbonyl (C=O) groups excluding carboxylic acids is 2. The number of ether oxygens (including phenoxy) is 1. The van der Waals surface area contributed by atoms with Crippen molar-refractivity contribution in [1.82, 2.24) is 20.3 Å². The minimum absolute atomic E-state index is 0.0538. The second kappa shape index (κ2) is 10.6. The number of hydrogen-bond acceptors (Lipinski definition) is 10. The number of rotatable bonds is 10. The van der Waals surface area contributed by atoms with Crippen molar-refractivity contribution in [2.45, 2.75) is 25.3 Å². The molecule has 176 valence electrons. The number of nitrogens with one attached hydrogen (secondary N) is 3. The standard InChI is InChI=1S/C18H21N7O8/c1-33-16-9(21-11(26)6-7-13(19)24-18(20)25-14(7)29)3-2-8(23-16)15(30)22-10(17(31)32)4-5-12(27)28/h2-3,10H,4-6H2,1H3,(H,21,26)(H,22,30)(H,27,28)(H,31,32)(H5,19,20,24,25,29). The van der Waals surface area contributed by atoms with Gasteiger partial charge < -0.3 is 37.1 Å². The average Bonchev–Trinajstić information content (AvgIpc) is 2.73. The lowest BCUT2D eigenvalue weighted by atomic mass is 10.1. The predicted octanol–water partition coefficient (Wildman–Crippen LogP) is -1.43. The minimum Gasteiger partial charge on any atom is -0.481 e. The number of anilines is 3. The lowest BCUT2D eigenvalue weighted by Gasteiger charge is -2.14. The third kappa shape index (κ3) is 6.65. The summed E-state index contributed by atoms with van der Waals surface area (Å²) in [5.74, 6) is -4.77. The van der Waals surface area contributed by atoms with E-state index in [1.165, 1.54) is 19.2 Å². The van der Waals surface area contributed by atoms with Crippen LogP contribution in [0.4, 0.5) is 17.5 Å². The molecule has 2 heterocycles. The maximum Gasteiger partial charge on any atom is 0.326 e. The first kappa shape index (κ1) is 24.6. The molecule has 33 heavy (non-hydrogen) atoms. The molecule has 0 saturated carbocycles. The number of nitrogens with two attached hydrogens (primary N) is 2. The molecule has 1 atom stereocenters. The topological polar surface area (TPSA) is 253 Å². The Bertz CT molecular complexity index is 1150. The van der Waals surface area contributed by atoms with E-state index in [4.69, 9.17) is 26.4 Å². The summed E-state index contributed by atoms with van der Waals surface area (Å²) in [5, 5.41) is 22.5. The molecule has 9 N–H and O–H groups in total. The summed E-state index contributed by atoms with van der Waals surface area (Å²) in [5.41, 5.74) is 10.0. The van der Waals surface area contributed by atoms with Crippen molar-refractivity contribution in [3.63, 3.8) is 0 Å². The minimum atomic E-state index is -1.45. The molecule has 2 rings (SSSR count). The number of nitrogen functional groups attached to an aromatic ring is 2. The van der Waals surface area contributed by atoms with Crippen molar-refractivity contribution < 1.29 is 34.1 Å². The van der Waals surface area contributed by atoms with E-state index in [2.05, 4.69) is 25.6 Å². The number of amides is 2. The maximum absolute atomic E-state index is 12.4. The fourth-order valence-corrected chi connectivity index (χ4v) is 2.63. The van der Waals surface area contributed by atoms with Gasteiger partial charge in [-0.1, -0.05) is 0 Å². The number of aliphatic carboxylic acids is 2. The van der Waals surface area contributed by atoms with Crippen molar-refractivity contribution in [1.29, 1.82) is 0 Å². The molecule has 0 spiro atoms. The second-order valence-electron chi connectivity index (χ2n) is 6.59. The van der Waals surface area contributed by atoms with Crippen LogP contribution in [0.5, 0.6) is 5.88 Å². The second-order valence-corrected chi connectivity index (χ2v) is 6.59. The Morgan fingerprint density at radius 3 is 2.45 bits per heavy atom. The monoisotopic (exact) mass is 463 g/mol. The van der Waals surface area contributed by atoms with Gasteiger partial charge in [0.15, 0.2) is 0 Å². The van der Waals surface area contributed by atoms with Crippen LogP contribution in [0.1, 0.15) is 28.9 Å². The molecule has 0 bridgehead atoms. The van der Waals surface area contributed by atoms with Crippen molar-refractivity contribution >= 4 is 41.2 Å².